The Morgan fingerprint density at radius 2 is 1.84 bits per heavy atom. The van der Waals surface area contributed by atoms with Crippen LogP contribution >= 0.6 is 23.2 Å². The van der Waals surface area contributed by atoms with Crippen molar-refractivity contribution < 1.29 is 18.7 Å². The Hall–Kier alpha value is -2.51. The van der Waals surface area contributed by atoms with E-state index in [9.17, 15) is 14.0 Å². The zero-order valence-corrected chi connectivity index (χ0v) is 18.9. The van der Waals surface area contributed by atoms with Crippen molar-refractivity contribution in [2.24, 2.45) is 0 Å². The van der Waals surface area contributed by atoms with Crippen molar-refractivity contribution in [1.82, 2.24) is 10.6 Å². The van der Waals surface area contributed by atoms with E-state index in [2.05, 4.69) is 10.6 Å². The summed E-state index contributed by atoms with van der Waals surface area (Å²) in [5.74, 6) is -0.637. The predicted octanol–water partition coefficient (Wildman–Crippen LogP) is 3.48. The number of fused-ring (bicyclic) bond motifs is 1. The Kier molecular flexibility index (Phi) is 5.02. The SMILES string of the molecule is CN1c2ccc(Cl)cc2CC1C(=O)NC12CC(NC(=O)COc3ccc(Cl)c(F)c3)(C1)C2. The minimum Gasteiger partial charge on any atom is -0.484 e. The third-order valence-electron chi connectivity index (χ3n) is 6.69. The largest absolute Gasteiger partial charge is 0.484 e. The molecule has 0 spiro atoms. The number of nitrogens with one attached hydrogen (secondary N) is 2. The van der Waals surface area contributed by atoms with Crippen LogP contribution in [0.5, 0.6) is 5.75 Å². The Morgan fingerprint density at radius 1 is 1.12 bits per heavy atom. The maximum absolute atomic E-state index is 13.5. The molecule has 2 N–H and O–H groups in total. The molecular weight excluding hydrogens is 456 g/mol. The fraction of sp³-hybridized carbons (Fsp3) is 0.391. The highest BCUT2D eigenvalue weighted by Crippen LogP contribution is 2.60. The normalized spacial score (nSPS) is 27.1. The highest BCUT2D eigenvalue weighted by atomic mass is 35.5. The van der Waals surface area contributed by atoms with E-state index in [1.54, 1.807) is 0 Å². The van der Waals surface area contributed by atoms with Crippen LogP contribution in [0.3, 0.4) is 0 Å². The maximum Gasteiger partial charge on any atom is 0.258 e. The van der Waals surface area contributed by atoms with E-state index >= 15 is 0 Å². The number of halogens is 3. The molecule has 9 heteroatoms. The second-order valence-electron chi connectivity index (χ2n) is 9.10. The summed E-state index contributed by atoms with van der Waals surface area (Å²) in [6.07, 6.45) is 2.71. The monoisotopic (exact) mass is 477 g/mol. The van der Waals surface area contributed by atoms with Gasteiger partial charge in [-0.1, -0.05) is 23.2 Å². The van der Waals surface area contributed by atoms with E-state index in [1.807, 2.05) is 30.1 Å². The summed E-state index contributed by atoms with van der Waals surface area (Å²) in [5.41, 5.74) is 1.55. The van der Waals surface area contributed by atoms with Crippen molar-refractivity contribution >= 4 is 40.7 Å². The first-order valence-electron chi connectivity index (χ1n) is 10.4. The molecule has 0 radical (unpaired) electrons. The van der Waals surface area contributed by atoms with E-state index in [4.69, 9.17) is 27.9 Å². The fourth-order valence-electron chi connectivity index (χ4n) is 5.29. The smallest absolute Gasteiger partial charge is 0.258 e. The van der Waals surface area contributed by atoms with Gasteiger partial charge in [0.25, 0.3) is 5.91 Å². The maximum atomic E-state index is 13.5. The number of nitrogens with zero attached hydrogens (tertiary/aromatic N) is 1. The molecule has 168 valence electrons. The van der Waals surface area contributed by atoms with Gasteiger partial charge in [0.05, 0.1) is 5.02 Å². The molecule has 2 aromatic rings. The van der Waals surface area contributed by atoms with Crippen LogP contribution in [0.15, 0.2) is 36.4 Å². The lowest BCUT2D eigenvalue weighted by molar-refractivity contribution is -0.151. The van der Waals surface area contributed by atoms with Crippen molar-refractivity contribution in [3.63, 3.8) is 0 Å². The molecule has 3 fully saturated rings. The van der Waals surface area contributed by atoms with Crippen molar-refractivity contribution in [2.45, 2.75) is 42.8 Å². The number of likely N-dealkylation sites (N-methyl/N-ethyl adjacent to an activating group) is 1. The second kappa shape index (κ2) is 7.52. The molecule has 6 nitrogen and oxygen atoms in total. The van der Waals surface area contributed by atoms with Crippen LogP contribution in [0.25, 0.3) is 0 Å². The molecule has 2 bridgehead atoms. The Morgan fingerprint density at radius 3 is 2.56 bits per heavy atom. The average Bonchev–Trinajstić information content (AvgIpc) is 3.02. The zero-order chi connectivity index (χ0) is 22.7. The number of benzene rings is 2. The van der Waals surface area contributed by atoms with Crippen LogP contribution in [0.2, 0.25) is 10.0 Å². The fourth-order valence-corrected chi connectivity index (χ4v) is 5.60. The minimum atomic E-state index is -0.596. The highest BCUT2D eigenvalue weighted by molar-refractivity contribution is 6.31. The number of anilines is 1. The predicted molar refractivity (Wildman–Crippen MR) is 120 cm³/mol. The van der Waals surface area contributed by atoms with Gasteiger partial charge < -0.3 is 20.3 Å². The van der Waals surface area contributed by atoms with E-state index in [0.717, 1.165) is 17.3 Å². The Labute approximate surface area is 195 Å². The van der Waals surface area contributed by atoms with Crippen LogP contribution in [0.4, 0.5) is 10.1 Å². The minimum absolute atomic E-state index is 0.000473. The molecule has 4 aliphatic rings. The van der Waals surface area contributed by atoms with Gasteiger partial charge in [0.15, 0.2) is 6.61 Å². The topological polar surface area (TPSA) is 70.7 Å². The second-order valence-corrected chi connectivity index (χ2v) is 9.94. The van der Waals surface area contributed by atoms with Gasteiger partial charge in [-0.15, -0.1) is 0 Å². The Bertz CT molecular complexity index is 1110. The van der Waals surface area contributed by atoms with Crippen molar-refractivity contribution in [3.05, 3.63) is 57.8 Å². The van der Waals surface area contributed by atoms with Gasteiger partial charge in [0.2, 0.25) is 5.91 Å². The van der Waals surface area contributed by atoms with Gasteiger partial charge in [-0.05, 0) is 55.2 Å². The number of hydrogen-bond donors (Lipinski definition) is 2. The molecule has 0 aromatic heterocycles. The molecular formula is C23H22Cl2FN3O3. The van der Waals surface area contributed by atoms with Gasteiger partial charge in [-0.25, -0.2) is 4.39 Å². The van der Waals surface area contributed by atoms with Crippen molar-refractivity contribution in [3.8, 4) is 5.75 Å². The van der Waals surface area contributed by atoms with Crippen LogP contribution < -0.4 is 20.3 Å². The van der Waals surface area contributed by atoms with Crippen molar-refractivity contribution in [1.29, 1.82) is 0 Å². The summed E-state index contributed by atoms with van der Waals surface area (Å²) in [7, 11) is 1.92. The molecule has 3 saturated carbocycles. The van der Waals surface area contributed by atoms with E-state index < -0.39 is 5.82 Å². The molecule has 2 amide bonds. The average molecular weight is 478 g/mol. The summed E-state index contributed by atoms with van der Waals surface area (Å²) >= 11 is 11.7. The number of rotatable bonds is 6. The lowest BCUT2D eigenvalue weighted by atomic mass is 9.44. The Balaban J connectivity index is 1.10. The van der Waals surface area contributed by atoms with E-state index in [0.29, 0.717) is 30.7 Å². The molecule has 6 rings (SSSR count). The summed E-state index contributed by atoms with van der Waals surface area (Å²) in [4.78, 5) is 27.2. The van der Waals surface area contributed by atoms with Crippen molar-refractivity contribution in [2.75, 3.05) is 18.6 Å². The quantitative estimate of drug-likeness (QED) is 0.667. The van der Waals surface area contributed by atoms with E-state index in [1.165, 1.54) is 12.1 Å². The van der Waals surface area contributed by atoms with Gasteiger partial charge in [0, 0.05) is 41.3 Å². The summed E-state index contributed by atoms with van der Waals surface area (Å²) < 4.78 is 18.8. The first kappa shape index (κ1) is 21.3. The van der Waals surface area contributed by atoms with E-state index in [-0.39, 0.29) is 46.3 Å². The molecule has 1 atom stereocenters. The molecule has 32 heavy (non-hydrogen) atoms. The first-order valence-corrected chi connectivity index (χ1v) is 11.2. The third kappa shape index (κ3) is 3.67. The number of carbonyl (C=O) groups excluding carboxylic acids is 2. The van der Waals surface area contributed by atoms with Crippen LogP contribution in [-0.4, -0.2) is 42.6 Å². The summed E-state index contributed by atoms with van der Waals surface area (Å²) in [6.45, 7) is -0.212. The van der Waals surface area contributed by atoms with Gasteiger partial charge >= 0.3 is 0 Å². The standard InChI is InChI=1S/C23H22Cl2FN3O3/c1-29-18-5-2-14(24)6-13(18)7-19(29)21(31)28-23-10-22(11-23,12-23)27-20(30)9-32-15-3-4-16(25)17(26)8-15/h2-6,8,19H,7,9-12H2,1H3,(H,27,30)(H,28,31). The molecule has 0 saturated heterocycles. The van der Waals surface area contributed by atoms with Gasteiger partial charge in [-0.2, -0.15) is 0 Å². The number of carbonyl (C=O) groups is 2. The number of ether oxygens (including phenoxy) is 1. The molecule has 1 heterocycles. The van der Waals surface area contributed by atoms with Gasteiger partial charge in [-0.3, -0.25) is 9.59 Å². The van der Waals surface area contributed by atoms with Crippen LogP contribution in [-0.2, 0) is 16.0 Å². The summed E-state index contributed by atoms with van der Waals surface area (Å²) in [6, 6.07) is 9.45. The van der Waals surface area contributed by atoms with Crippen LogP contribution in [0, 0.1) is 5.82 Å². The number of hydrogen-bond acceptors (Lipinski definition) is 4. The van der Waals surface area contributed by atoms with Gasteiger partial charge in [0.1, 0.15) is 17.6 Å². The molecule has 1 aliphatic heterocycles. The summed E-state index contributed by atoms with van der Waals surface area (Å²) in [5, 5.41) is 6.86. The third-order valence-corrected chi connectivity index (χ3v) is 7.23. The van der Waals surface area contributed by atoms with Crippen LogP contribution in [0.1, 0.15) is 24.8 Å². The molecule has 3 aliphatic carbocycles. The molecule has 2 aromatic carbocycles. The lowest BCUT2D eigenvalue weighted by Gasteiger charge is -2.70. The highest BCUT2D eigenvalue weighted by Gasteiger charge is 2.69. The number of amides is 2. The first-order chi connectivity index (χ1) is 15.2. The zero-order valence-electron chi connectivity index (χ0n) is 17.4. The lowest BCUT2D eigenvalue weighted by Crippen LogP contribution is -2.84. The molecule has 1 unspecified atom stereocenters.